The van der Waals surface area contributed by atoms with Crippen molar-refractivity contribution in [3.8, 4) is 0 Å². The number of halogens is 2. The van der Waals surface area contributed by atoms with Gasteiger partial charge in [0.2, 0.25) is 0 Å². The van der Waals surface area contributed by atoms with Crippen LogP contribution in [0.2, 0.25) is 5.02 Å². The maximum atomic E-state index is 13.5. The van der Waals surface area contributed by atoms with Crippen molar-refractivity contribution in [1.29, 1.82) is 0 Å². The highest BCUT2D eigenvalue weighted by molar-refractivity contribution is 6.31. The van der Waals surface area contributed by atoms with Crippen LogP contribution in [0, 0.1) is 5.82 Å². The summed E-state index contributed by atoms with van der Waals surface area (Å²) in [6.07, 6.45) is 2.37. The maximum Gasteiger partial charge on any atom is 0.129 e. The van der Waals surface area contributed by atoms with Gasteiger partial charge in [0, 0.05) is 29.8 Å². The summed E-state index contributed by atoms with van der Waals surface area (Å²) in [6.45, 7) is 3.24. The predicted octanol–water partition coefficient (Wildman–Crippen LogP) is 3.14. The fourth-order valence-corrected chi connectivity index (χ4v) is 2.28. The third kappa shape index (κ3) is 3.18. The van der Waals surface area contributed by atoms with E-state index >= 15 is 0 Å². The zero-order valence-electron chi connectivity index (χ0n) is 9.88. The van der Waals surface area contributed by atoms with Gasteiger partial charge in [-0.05, 0) is 31.9 Å². The summed E-state index contributed by atoms with van der Waals surface area (Å²) in [4.78, 5) is 0. The Balaban J connectivity index is 1.80. The third-order valence-corrected chi connectivity index (χ3v) is 3.48. The molecule has 0 atom stereocenters. The summed E-state index contributed by atoms with van der Waals surface area (Å²) in [6, 6.07) is 5.19. The van der Waals surface area contributed by atoms with Gasteiger partial charge in [0.25, 0.3) is 0 Å². The number of ether oxygens (including phenoxy) is 1. The molecule has 1 aliphatic rings. The van der Waals surface area contributed by atoms with Gasteiger partial charge in [-0.2, -0.15) is 0 Å². The van der Waals surface area contributed by atoms with Crippen LogP contribution < -0.4 is 5.32 Å². The number of hydrogen-bond acceptors (Lipinski definition) is 2. The molecule has 17 heavy (non-hydrogen) atoms. The third-order valence-electron chi connectivity index (χ3n) is 3.13. The van der Waals surface area contributed by atoms with Crippen molar-refractivity contribution in [3.05, 3.63) is 34.6 Å². The summed E-state index contributed by atoms with van der Waals surface area (Å²) < 4.78 is 18.9. The molecule has 0 amide bonds. The Kier molecular flexibility index (Phi) is 4.37. The Labute approximate surface area is 106 Å². The lowest BCUT2D eigenvalue weighted by Crippen LogP contribution is -2.45. The number of benzene rings is 1. The Morgan fingerprint density at radius 1 is 1.47 bits per heavy atom. The summed E-state index contributed by atoms with van der Waals surface area (Å²) >= 11 is 5.95. The molecule has 2 rings (SSSR count). The molecule has 0 aromatic heterocycles. The van der Waals surface area contributed by atoms with Gasteiger partial charge in [0.15, 0.2) is 0 Å². The van der Waals surface area contributed by atoms with Gasteiger partial charge < -0.3 is 10.1 Å². The van der Waals surface area contributed by atoms with Crippen LogP contribution in [0.5, 0.6) is 0 Å². The Morgan fingerprint density at radius 2 is 2.24 bits per heavy atom. The highest BCUT2D eigenvalue weighted by Crippen LogP contribution is 2.25. The Bertz CT molecular complexity index is 359. The molecule has 94 valence electrons. The Hall–Kier alpha value is -0.640. The van der Waals surface area contributed by atoms with Crippen molar-refractivity contribution in [3.63, 3.8) is 0 Å². The zero-order chi connectivity index (χ0) is 12.3. The standard InChI is InChI=1S/C13H17ClFNO/c1-2-17-10-6-9(7-10)16-8-11-12(14)4-3-5-13(11)15/h3-5,9-10,16H,2,6-8H2,1H3. The number of hydrogen-bond donors (Lipinski definition) is 1. The fraction of sp³-hybridized carbons (Fsp3) is 0.538. The van der Waals surface area contributed by atoms with E-state index in [0.29, 0.717) is 29.3 Å². The molecule has 0 saturated heterocycles. The summed E-state index contributed by atoms with van der Waals surface area (Å²) in [5, 5.41) is 3.79. The SMILES string of the molecule is CCOC1CC(NCc2c(F)cccc2Cl)C1. The van der Waals surface area contributed by atoms with E-state index in [-0.39, 0.29) is 5.82 Å². The van der Waals surface area contributed by atoms with Crippen molar-refractivity contribution in [2.75, 3.05) is 6.61 Å². The van der Waals surface area contributed by atoms with Crippen LogP contribution in [0.1, 0.15) is 25.3 Å². The number of rotatable bonds is 5. The van der Waals surface area contributed by atoms with Crippen molar-refractivity contribution in [2.45, 2.75) is 38.5 Å². The maximum absolute atomic E-state index is 13.5. The monoisotopic (exact) mass is 257 g/mol. The molecule has 1 saturated carbocycles. The van der Waals surface area contributed by atoms with Gasteiger partial charge in [0.05, 0.1) is 6.10 Å². The predicted molar refractivity (Wildman–Crippen MR) is 66.7 cm³/mol. The highest BCUT2D eigenvalue weighted by Gasteiger charge is 2.29. The highest BCUT2D eigenvalue weighted by atomic mass is 35.5. The van der Waals surface area contributed by atoms with Gasteiger partial charge in [-0.15, -0.1) is 0 Å². The molecule has 0 heterocycles. The van der Waals surface area contributed by atoms with Gasteiger partial charge in [-0.1, -0.05) is 17.7 Å². The fourth-order valence-electron chi connectivity index (χ4n) is 2.05. The summed E-state index contributed by atoms with van der Waals surface area (Å²) in [5.74, 6) is -0.245. The van der Waals surface area contributed by atoms with Crippen LogP contribution >= 0.6 is 11.6 Å². The second-order valence-corrected chi connectivity index (χ2v) is 4.73. The first-order valence-corrected chi connectivity index (χ1v) is 6.36. The smallest absolute Gasteiger partial charge is 0.129 e. The molecule has 0 radical (unpaired) electrons. The van der Waals surface area contributed by atoms with E-state index in [9.17, 15) is 4.39 Å². The molecule has 1 aliphatic carbocycles. The van der Waals surface area contributed by atoms with E-state index in [2.05, 4.69) is 5.32 Å². The van der Waals surface area contributed by atoms with E-state index in [1.54, 1.807) is 12.1 Å². The number of nitrogens with one attached hydrogen (secondary N) is 1. The molecule has 1 N–H and O–H groups in total. The van der Waals surface area contributed by atoms with Gasteiger partial charge in [0.1, 0.15) is 5.82 Å². The van der Waals surface area contributed by atoms with Crippen molar-refractivity contribution in [1.82, 2.24) is 5.32 Å². The van der Waals surface area contributed by atoms with Gasteiger partial charge >= 0.3 is 0 Å². The van der Waals surface area contributed by atoms with E-state index in [0.717, 1.165) is 19.4 Å². The minimum Gasteiger partial charge on any atom is -0.378 e. The first-order chi connectivity index (χ1) is 8.20. The quantitative estimate of drug-likeness (QED) is 0.875. The summed E-state index contributed by atoms with van der Waals surface area (Å²) in [5.41, 5.74) is 0.550. The van der Waals surface area contributed by atoms with E-state index < -0.39 is 0 Å². The minimum atomic E-state index is -0.245. The average Bonchev–Trinajstić information content (AvgIpc) is 2.24. The van der Waals surface area contributed by atoms with Crippen molar-refractivity contribution in [2.24, 2.45) is 0 Å². The van der Waals surface area contributed by atoms with E-state index in [4.69, 9.17) is 16.3 Å². The lowest BCUT2D eigenvalue weighted by atomic mass is 9.89. The first kappa shape index (κ1) is 12.8. The van der Waals surface area contributed by atoms with Crippen molar-refractivity contribution < 1.29 is 9.13 Å². The largest absolute Gasteiger partial charge is 0.378 e. The van der Waals surface area contributed by atoms with Crippen LogP contribution in [-0.2, 0) is 11.3 Å². The lowest BCUT2D eigenvalue weighted by molar-refractivity contribution is -0.0102. The van der Waals surface area contributed by atoms with Crippen molar-refractivity contribution >= 4 is 11.6 Å². The molecule has 2 nitrogen and oxygen atoms in total. The van der Waals surface area contributed by atoms with Crippen LogP contribution in [-0.4, -0.2) is 18.8 Å². The van der Waals surface area contributed by atoms with Crippen LogP contribution in [0.3, 0.4) is 0 Å². The molecule has 4 heteroatoms. The van der Waals surface area contributed by atoms with Crippen LogP contribution in [0.4, 0.5) is 4.39 Å². The molecule has 1 aromatic rings. The molecule has 0 unspecified atom stereocenters. The van der Waals surface area contributed by atoms with Gasteiger partial charge in [-0.3, -0.25) is 0 Å². The van der Waals surface area contributed by atoms with E-state index in [1.165, 1.54) is 6.07 Å². The molecule has 1 aromatic carbocycles. The topological polar surface area (TPSA) is 21.3 Å². The normalized spacial score (nSPS) is 23.5. The average molecular weight is 258 g/mol. The molecular weight excluding hydrogens is 241 g/mol. The Morgan fingerprint density at radius 3 is 2.88 bits per heavy atom. The first-order valence-electron chi connectivity index (χ1n) is 5.98. The second-order valence-electron chi connectivity index (χ2n) is 4.33. The van der Waals surface area contributed by atoms with Crippen LogP contribution in [0.25, 0.3) is 0 Å². The van der Waals surface area contributed by atoms with Gasteiger partial charge in [-0.25, -0.2) is 4.39 Å². The lowest BCUT2D eigenvalue weighted by Gasteiger charge is -2.35. The molecule has 0 aliphatic heterocycles. The molecular formula is C13H17ClFNO. The van der Waals surface area contributed by atoms with E-state index in [1.807, 2.05) is 6.92 Å². The molecule has 0 spiro atoms. The van der Waals surface area contributed by atoms with Crippen LogP contribution in [0.15, 0.2) is 18.2 Å². The minimum absolute atomic E-state index is 0.245. The molecule has 1 fully saturated rings. The summed E-state index contributed by atoms with van der Waals surface area (Å²) in [7, 11) is 0. The molecule has 0 bridgehead atoms. The zero-order valence-corrected chi connectivity index (χ0v) is 10.6. The second kappa shape index (κ2) is 5.80.